The fourth-order valence-corrected chi connectivity index (χ4v) is 4.06. The quantitative estimate of drug-likeness (QED) is 0.839. The van der Waals surface area contributed by atoms with Crippen LogP contribution in [0.15, 0.2) is 6.07 Å². The van der Waals surface area contributed by atoms with Crippen molar-refractivity contribution < 1.29 is 4.79 Å². The second-order valence-corrected chi connectivity index (χ2v) is 6.91. The van der Waals surface area contributed by atoms with Gasteiger partial charge < -0.3 is 10.2 Å². The highest BCUT2D eigenvalue weighted by Gasteiger charge is 2.32. The molecule has 2 fully saturated rings. The van der Waals surface area contributed by atoms with E-state index in [0.29, 0.717) is 5.65 Å². The van der Waals surface area contributed by atoms with Gasteiger partial charge in [0.25, 0.3) is 5.91 Å². The third kappa shape index (κ3) is 2.51. The topological polar surface area (TPSA) is 73.9 Å². The number of carbonyl (C=O) groups excluding carboxylic acids is 1. The number of H-pyrrole nitrogens is 1. The van der Waals surface area contributed by atoms with E-state index in [1.54, 1.807) is 0 Å². The number of hydrogen-bond donors (Lipinski definition) is 2. The summed E-state index contributed by atoms with van der Waals surface area (Å²) in [5.41, 5.74) is 3.13. The number of nitrogens with one attached hydrogen (secondary N) is 2. The van der Waals surface area contributed by atoms with Crippen molar-refractivity contribution in [3.63, 3.8) is 0 Å². The van der Waals surface area contributed by atoms with Crippen LogP contribution in [0.2, 0.25) is 0 Å². The first kappa shape index (κ1) is 14.6. The molecule has 6 nitrogen and oxygen atoms in total. The Kier molecular flexibility index (Phi) is 3.56. The normalized spacial score (nSPS) is 24.7. The molecule has 2 aromatic rings. The van der Waals surface area contributed by atoms with Crippen LogP contribution in [0.4, 0.5) is 0 Å². The molecule has 0 saturated carbocycles. The summed E-state index contributed by atoms with van der Waals surface area (Å²) in [4.78, 5) is 19.6. The van der Waals surface area contributed by atoms with Crippen LogP contribution in [0.25, 0.3) is 11.0 Å². The summed E-state index contributed by atoms with van der Waals surface area (Å²) in [6, 6.07) is 1.90. The smallest absolute Gasteiger partial charge is 0.254 e. The largest absolute Gasteiger partial charge is 0.339 e. The van der Waals surface area contributed by atoms with Gasteiger partial charge in [0, 0.05) is 24.5 Å². The number of rotatable bonds is 1. The first-order chi connectivity index (χ1) is 11.1. The van der Waals surface area contributed by atoms with Crippen LogP contribution in [-0.2, 0) is 0 Å². The minimum atomic E-state index is 0.123. The summed E-state index contributed by atoms with van der Waals surface area (Å²) in [5.74, 6) is 1.57. The van der Waals surface area contributed by atoms with Gasteiger partial charge in [0.15, 0.2) is 5.65 Å². The fraction of sp³-hybridized carbons (Fsp3) is 0.588. The van der Waals surface area contributed by atoms with Crippen LogP contribution in [0.3, 0.4) is 0 Å². The van der Waals surface area contributed by atoms with Crippen LogP contribution >= 0.6 is 0 Å². The van der Waals surface area contributed by atoms with E-state index in [2.05, 4.69) is 20.5 Å². The van der Waals surface area contributed by atoms with E-state index in [4.69, 9.17) is 0 Å². The fourth-order valence-electron chi connectivity index (χ4n) is 4.06. The van der Waals surface area contributed by atoms with Crippen molar-refractivity contribution in [1.82, 2.24) is 25.4 Å². The van der Waals surface area contributed by atoms with E-state index in [1.807, 2.05) is 24.8 Å². The Bertz CT molecular complexity index is 739. The Hall–Kier alpha value is -1.95. The van der Waals surface area contributed by atoms with Gasteiger partial charge in [-0.1, -0.05) is 0 Å². The number of aromatic amines is 1. The van der Waals surface area contributed by atoms with E-state index >= 15 is 0 Å². The summed E-state index contributed by atoms with van der Waals surface area (Å²) in [5, 5.41) is 11.5. The van der Waals surface area contributed by atoms with Crippen LogP contribution in [0, 0.1) is 25.7 Å². The number of aryl methyl sites for hydroxylation is 2. The number of nitrogens with zero attached hydrogens (tertiary/aromatic N) is 3. The molecule has 4 rings (SSSR count). The number of likely N-dealkylation sites (tertiary alicyclic amines) is 1. The average molecular weight is 313 g/mol. The lowest BCUT2D eigenvalue weighted by Gasteiger charge is -2.21. The van der Waals surface area contributed by atoms with Gasteiger partial charge in [0.2, 0.25) is 0 Å². The van der Waals surface area contributed by atoms with E-state index in [0.717, 1.165) is 73.2 Å². The van der Waals surface area contributed by atoms with E-state index in [9.17, 15) is 4.79 Å². The lowest BCUT2D eigenvalue weighted by molar-refractivity contribution is 0.0760. The molecule has 0 bridgehead atoms. The Morgan fingerprint density at radius 3 is 2.61 bits per heavy atom. The van der Waals surface area contributed by atoms with Gasteiger partial charge in [-0.25, -0.2) is 4.98 Å². The number of fused-ring (bicyclic) bond motifs is 2. The number of carbonyl (C=O) groups is 1. The molecule has 2 saturated heterocycles. The Labute approximate surface area is 135 Å². The van der Waals surface area contributed by atoms with Crippen LogP contribution in [0.5, 0.6) is 0 Å². The maximum absolute atomic E-state index is 13.1. The van der Waals surface area contributed by atoms with Crippen molar-refractivity contribution in [2.24, 2.45) is 11.8 Å². The van der Waals surface area contributed by atoms with Gasteiger partial charge in [0.05, 0.1) is 10.9 Å². The molecule has 0 radical (unpaired) electrons. The number of aromatic nitrogens is 3. The third-order valence-electron chi connectivity index (χ3n) is 5.37. The zero-order valence-corrected chi connectivity index (χ0v) is 13.7. The van der Waals surface area contributed by atoms with Gasteiger partial charge in [-0.3, -0.25) is 9.89 Å². The second kappa shape index (κ2) is 5.60. The Morgan fingerprint density at radius 1 is 1.22 bits per heavy atom. The SMILES string of the molecule is Cc1cc(C(=O)N2CC[C@@H]3CNC[C@@H]3CC2)c2c(C)[nH]nc2n1. The molecule has 122 valence electrons. The van der Waals surface area contributed by atoms with Crippen molar-refractivity contribution in [2.45, 2.75) is 26.7 Å². The molecule has 1 amide bonds. The highest BCUT2D eigenvalue weighted by molar-refractivity contribution is 6.06. The molecule has 6 heteroatoms. The first-order valence-corrected chi connectivity index (χ1v) is 8.46. The molecule has 2 N–H and O–H groups in total. The summed E-state index contributed by atoms with van der Waals surface area (Å²) in [6.07, 6.45) is 2.20. The maximum atomic E-state index is 13.1. The minimum Gasteiger partial charge on any atom is -0.339 e. The standard InChI is InChI=1S/C17H23N5O/c1-10-7-14(15-11(2)20-21-16(15)19-10)17(23)22-5-3-12-8-18-9-13(12)4-6-22/h7,12-13,18H,3-6,8-9H2,1-2H3,(H,19,20,21)/t12-,13+. The molecule has 0 aromatic carbocycles. The highest BCUT2D eigenvalue weighted by atomic mass is 16.2. The molecule has 0 spiro atoms. The van der Waals surface area contributed by atoms with Crippen molar-refractivity contribution in [3.8, 4) is 0 Å². The van der Waals surface area contributed by atoms with Gasteiger partial charge in [-0.15, -0.1) is 0 Å². The van der Waals surface area contributed by atoms with Crippen LogP contribution in [0.1, 0.15) is 34.6 Å². The zero-order valence-electron chi connectivity index (χ0n) is 13.7. The molecular formula is C17H23N5O. The molecule has 2 aliphatic rings. The van der Waals surface area contributed by atoms with Crippen molar-refractivity contribution in [2.75, 3.05) is 26.2 Å². The molecule has 2 atom stereocenters. The zero-order chi connectivity index (χ0) is 16.0. The molecule has 23 heavy (non-hydrogen) atoms. The molecule has 0 unspecified atom stereocenters. The van der Waals surface area contributed by atoms with Gasteiger partial charge in [0.1, 0.15) is 0 Å². The first-order valence-electron chi connectivity index (χ1n) is 8.46. The Balaban J connectivity index is 1.65. The number of pyridine rings is 1. The lowest BCUT2D eigenvalue weighted by Crippen LogP contribution is -2.33. The van der Waals surface area contributed by atoms with Crippen LogP contribution < -0.4 is 5.32 Å². The minimum absolute atomic E-state index is 0.123. The maximum Gasteiger partial charge on any atom is 0.254 e. The van der Waals surface area contributed by atoms with Crippen LogP contribution in [-0.4, -0.2) is 52.2 Å². The second-order valence-electron chi connectivity index (χ2n) is 6.91. The third-order valence-corrected chi connectivity index (χ3v) is 5.37. The molecule has 2 aromatic heterocycles. The number of hydrogen-bond acceptors (Lipinski definition) is 4. The monoisotopic (exact) mass is 313 g/mol. The van der Waals surface area contributed by atoms with Crippen molar-refractivity contribution in [3.05, 3.63) is 23.0 Å². The Morgan fingerprint density at radius 2 is 1.91 bits per heavy atom. The summed E-state index contributed by atoms with van der Waals surface area (Å²) in [7, 11) is 0. The van der Waals surface area contributed by atoms with E-state index < -0.39 is 0 Å². The van der Waals surface area contributed by atoms with Crippen molar-refractivity contribution >= 4 is 16.9 Å². The van der Waals surface area contributed by atoms with Gasteiger partial charge in [-0.2, -0.15) is 5.10 Å². The van der Waals surface area contributed by atoms with Gasteiger partial charge >= 0.3 is 0 Å². The van der Waals surface area contributed by atoms with E-state index in [-0.39, 0.29) is 5.91 Å². The van der Waals surface area contributed by atoms with Gasteiger partial charge in [-0.05, 0) is 57.7 Å². The predicted octanol–water partition coefficient (Wildman–Crippen LogP) is 1.65. The van der Waals surface area contributed by atoms with E-state index in [1.165, 1.54) is 0 Å². The summed E-state index contributed by atoms with van der Waals surface area (Å²) < 4.78 is 0. The summed E-state index contributed by atoms with van der Waals surface area (Å²) in [6.45, 7) is 7.77. The highest BCUT2D eigenvalue weighted by Crippen LogP contribution is 2.29. The average Bonchev–Trinajstić information content (AvgIpc) is 3.08. The van der Waals surface area contributed by atoms with Crippen molar-refractivity contribution in [1.29, 1.82) is 0 Å². The summed E-state index contributed by atoms with van der Waals surface area (Å²) >= 11 is 0. The molecule has 0 aliphatic carbocycles. The predicted molar refractivity (Wildman–Crippen MR) is 88.3 cm³/mol. The lowest BCUT2D eigenvalue weighted by atomic mass is 9.92. The molecular weight excluding hydrogens is 290 g/mol. The molecule has 2 aliphatic heterocycles. The number of amides is 1. The molecule has 4 heterocycles.